The molecule has 4 heteroatoms. The minimum atomic E-state index is -0.435. The minimum Gasteiger partial charge on any atom is -0.450 e. The average molecular weight is 154 g/mol. The molecule has 1 amide bonds. The summed E-state index contributed by atoms with van der Waals surface area (Å²) in [4.78, 5) is 14.6. The number of hydrogen-bond donors (Lipinski definition) is 1. The number of rotatable bonds is 1. The zero-order valence-electron chi connectivity index (χ0n) is 6.33. The summed E-state index contributed by atoms with van der Waals surface area (Å²) in [6.45, 7) is 2.14. The fourth-order valence-corrected chi connectivity index (χ4v) is 0.728. The lowest BCUT2D eigenvalue weighted by molar-refractivity contribution is 0.157. The first-order chi connectivity index (χ1) is 5.33. The van der Waals surface area contributed by atoms with Crippen molar-refractivity contribution >= 4 is 11.9 Å². The Bertz CT molecular complexity index is 208. The normalized spacial score (nSPS) is 14.5. The fraction of sp³-hybridized carbons (Fsp3) is 0.429. The van der Waals surface area contributed by atoms with Crippen LogP contribution in [0.2, 0.25) is 0 Å². The van der Waals surface area contributed by atoms with E-state index in [4.69, 9.17) is 0 Å². The first-order valence-corrected chi connectivity index (χ1v) is 3.48. The Morgan fingerprint density at radius 3 is 3.27 bits per heavy atom. The standard InChI is InChI=1S/C7H10N2O2/c1-2-11-7(10)9-6-4-3-5-8-6/h3,5H,2,4H2,1H3,(H,8,9,10). The van der Waals surface area contributed by atoms with Gasteiger partial charge in [0, 0.05) is 12.6 Å². The molecule has 11 heavy (non-hydrogen) atoms. The van der Waals surface area contributed by atoms with Gasteiger partial charge in [0.25, 0.3) is 0 Å². The average Bonchev–Trinajstić information content (AvgIpc) is 2.40. The second-order valence-electron chi connectivity index (χ2n) is 2.01. The van der Waals surface area contributed by atoms with Gasteiger partial charge in [-0.1, -0.05) is 6.08 Å². The summed E-state index contributed by atoms with van der Waals surface area (Å²) < 4.78 is 4.65. The number of aliphatic imine (C=N–C) groups is 1. The van der Waals surface area contributed by atoms with Gasteiger partial charge in [0.15, 0.2) is 0 Å². The highest BCUT2D eigenvalue weighted by atomic mass is 16.5. The molecule has 4 nitrogen and oxygen atoms in total. The molecule has 0 radical (unpaired) electrons. The molecule has 0 saturated carbocycles. The van der Waals surface area contributed by atoms with E-state index in [2.05, 4.69) is 15.0 Å². The van der Waals surface area contributed by atoms with Crippen molar-refractivity contribution in [2.75, 3.05) is 6.61 Å². The number of nitrogens with zero attached hydrogens (tertiary/aromatic N) is 1. The van der Waals surface area contributed by atoms with Gasteiger partial charge in [0.2, 0.25) is 0 Å². The number of alkyl carbamates (subject to hydrolysis) is 1. The summed E-state index contributed by atoms with van der Waals surface area (Å²) in [6, 6.07) is 0. The Hall–Kier alpha value is -1.32. The van der Waals surface area contributed by atoms with E-state index in [0.29, 0.717) is 18.9 Å². The van der Waals surface area contributed by atoms with Gasteiger partial charge < -0.3 is 4.74 Å². The summed E-state index contributed by atoms with van der Waals surface area (Å²) in [5.41, 5.74) is 0. The largest absolute Gasteiger partial charge is 0.450 e. The summed E-state index contributed by atoms with van der Waals surface area (Å²) in [7, 11) is 0. The second-order valence-corrected chi connectivity index (χ2v) is 2.01. The lowest BCUT2D eigenvalue weighted by Gasteiger charge is -2.02. The molecule has 0 atom stereocenters. The van der Waals surface area contributed by atoms with E-state index in [1.807, 2.05) is 6.08 Å². The Balaban J connectivity index is 2.26. The quantitative estimate of drug-likeness (QED) is 0.613. The highest BCUT2D eigenvalue weighted by Crippen LogP contribution is 1.96. The van der Waals surface area contributed by atoms with Gasteiger partial charge in [-0.05, 0) is 6.92 Å². The molecule has 1 aliphatic heterocycles. The van der Waals surface area contributed by atoms with Crippen LogP contribution in [-0.2, 0) is 4.74 Å². The van der Waals surface area contributed by atoms with Crippen molar-refractivity contribution in [2.45, 2.75) is 13.3 Å². The van der Waals surface area contributed by atoms with E-state index < -0.39 is 6.09 Å². The van der Waals surface area contributed by atoms with Crippen LogP contribution >= 0.6 is 0 Å². The van der Waals surface area contributed by atoms with Gasteiger partial charge in [-0.15, -0.1) is 0 Å². The van der Waals surface area contributed by atoms with Crippen LogP contribution in [-0.4, -0.2) is 18.5 Å². The van der Waals surface area contributed by atoms with Crippen LogP contribution in [0, 0.1) is 0 Å². The monoisotopic (exact) mass is 154 g/mol. The van der Waals surface area contributed by atoms with Crippen LogP contribution in [0.1, 0.15) is 13.3 Å². The molecule has 1 aliphatic rings. The predicted octanol–water partition coefficient (Wildman–Crippen LogP) is 1.05. The van der Waals surface area contributed by atoms with Gasteiger partial charge in [-0.3, -0.25) is 5.32 Å². The maximum Gasteiger partial charge on any atom is 0.412 e. The number of carbonyl (C=O) groups excluding carboxylic acids is 1. The maximum absolute atomic E-state index is 10.8. The van der Waals surface area contributed by atoms with Crippen molar-refractivity contribution in [1.82, 2.24) is 5.32 Å². The van der Waals surface area contributed by atoms with Crippen molar-refractivity contribution in [3.8, 4) is 0 Å². The van der Waals surface area contributed by atoms with Crippen LogP contribution in [0.5, 0.6) is 0 Å². The second kappa shape index (κ2) is 3.75. The van der Waals surface area contributed by atoms with Crippen molar-refractivity contribution in [2.24, 2.45) is 4.99 Å². The summed E-state index contributed by atoms with van der Waals surface area (Å²) in [6.07, 6.45) is 3.76. The molecule has 0 unspecified atom stereocenters. The zero-order valence-corrected chi connectivity index (χ0v) is 6.33. The van der Waals surface area contributed by atoms with Gasteiger partial charge in [-0.2, -0.15) is 0 Å². The maximum atomic E-state index is 10.8. The zero-order chi connectivity index (χ0) is 8.10. The van der Waals surface area contributed by atoms with E-state index in [0.717, 1.165) is 0 Å². The molecule has 0 aromatic heterocycles. The Labute approximate surface area is 65.0 Å². The SMILES string of the molecule is CCOC(=O)NC1=NC=CC1. The number of ether oxygens (including phenoxy) is 1. The molecular weight excluding hydrogens is 144 g/mol. The smallest absolute Gasteiger partial charge is 0.412 e. The van der Waals surface area contributed by atoms with Gasteiger partial charge in [0.1, 0.15) is 5.84 Å². The van der Waals surface area contributed by atoms with Crippen molar-refractivity contribution in [1.29, 1.82) is 0 Å². The summed E-state index contributed by atoms with van der Waals surface area (Å²) in [5, 5.41) is 2.51. The molecular formula is C7H10N2O2. The molecule has 0 bridgehead atoms. The number of amidine groups is 1. The molecule has 1 rings (SSSR count). The van der Waals surface area contributed by atoms with E-state index in [1.54, 1.807) is 13.1 Å². The summed E-state index contributed by atoms with van der Waals surface area (Å²) in [5.74, 6) is 0.642. The van der Waals surface area contributed by atoms with Crippen LogP contribution in [0.25, 0.3) is 0 Å². The topological polar surface area (TPSA) is 50.7 Å². The molecule has 0 aromatic rings. The van der Waals surface area contributed by atoms with Crippen molar-refractivity contribution in [3.63, 3.8) is 0 Å². The highest BCUT2D eigenvalue weighted by Gasteiger charge is 2.05. The molecule has 0 spiro atoms. The minimum absolute atomic E-state index is 0.381. The molecule has 0 aliphatic carbocycles. The number of hydrogen-bond acceptors (Lipinski definition) is 3. The molecule has 0 fully saturated rings. The lowest BCUT2D eigenvalue weighted by atomic mass is 10.4. The Morgan fingerprint density at radius 1 is 1.91 bits per heavy atom. The van der Waals surface area contributed by atoms with Gasteiger partial charge in [-0.25, -0.2) is 9.79 Å². The van der Waals surface area contributed by atoms with Crippen molar-refractivity contribution < 1.29 is 9.53 Å². The van der Waals surface area contributed by atoms with E-state index in [-0.39, 0.29) is 0 Å². The van der Waals surface area contributed by atoms with Crippen LogP contribution in [0.15, 0.2) is 17.3 Å². The van der Waals surface area contributed by atoms with Crippen molar-refractivity contribution in [3.05, 3.63) is 12.3 Å². The number of nitrogens with one attached hydrogen (secondary N) is 1. The Morgan fingerprint density at radius 2 is 2.73 bits per heavy atom. The van der Waals surface area contributed by atoms with Crippen LogP contribution < -0.4 is 5.32 Å². The van der Waals surface area contributed by atoms with E-state index >= 15 is 0 Å². The predicted molar refractivity (Wildman–Crippen MR) is 41.3 cm³/mol. The molecule has 0 saturated heterocycles. The van der Waals surface area contributed by atoms with Crippen LogP contribution in [0.3, 0.4) is 0 Å². The molecule has 0 aromatic carbocycles. The third kappa shape index (κ3) is 2.41. The third-order valence-electron chi connectivity index (χ3n) is 1.17. The van der Waals surface area contributed by atoms with E-state index in [9.17, 15) is 4.79 Å². The van der Waals surface area contributed by atoms with E-state index in [1.165, 1.54) is 0 Å². The Kier molecular flexibility index (Phi) is 2.66. The van der Waals surface area contributed by atoms with Crippen LogP contribution in [0.4, 0.5) is 4.79 Å². The highest BCUT2D eigenvalue weighted by molar-refractivity contribution is 5.97. The molecule has 60 valence electrons. The van der Waals surface area contributed by atoms with Gasteiger partial charge >= 0.3 is 6.09 Å². The summed E-state index contributed by atoms with van der Waals surface area (Å²) >= 11 is 0. The first kappa shape index (κ1) is 7.78. The number of amides is 1. The third-order valence-corrected chi connectivity index (χ3v) is 1.17. The van der Waals surface area contributed by atoms with Gasteiger partial charge in [0.05, 0.1) is 6.61 Å². The lowest BCUT2D eigenvalue weighted by Crippen LogP contribution is -2.29. The molecule has 1 heterocycles. The first-order valence-electron chi connectivity index (χ1n) is 3.48. The number of carbonyl (C=O) groups is 1. The fourth-order valence-electron chi connectivity index (χ4n) is 0.728. The molecule has 1 N–H and O–H groups in total.